The highest BCUT2D eigenvalue weighted by atomic mass is 32.2. The number of thioether (sulfide) groups is 1. The van der Waals surface area contributed by atoms with Crippen LogP contribution in [0.2, 0.25) is 0 Å². The van der Waals surface area contributed by atoms with Gasteiger partial charge in [-0.3, -0.25) is 5.41 Å². The highest BCUT2D eigenvalue weighted by Crippen LogP contribution is 2.39. The number of nitrogens with one attached hydrogen (secondary N) is 1. The molecule has 0 atom stereocenters. The van der Waals surface area contributed by atoms with Crippen LogP contribution in [0.3, 0.4) is 0 Å². The standard InChI is InChI=1S/C23H21N3O2S/c1-27-21-10-15-8-9-26-20(18(15)12-22(21)28-2)11-17(19(13-24)23(26)25)14-4-6-16(29-3)7-5-14/h4-7,10-12,25H,8-9H2,1-3H3. The Bertz CT molecular complexity index is 1190. The second kappa shape index (κ2) is 7.69. The minimum atomic E-state index is 0.245. The maximum atomic E-state index is 9.78. The summed E-state index contributed by atoms with van der Waals surface area (Å²) in [5, 5.41) is 18.5. The fourth-order valence-electron chi connectivity index (χ4n) is 3.84. The van der Waals surface area contributed by atoms with Crippen LogP contribution in [-0.2, 0) is 13.0 Å². The van der Waals surface area contributed by atoms with Gasteiger partial charge in [0.1, 0.15) is 17.1 Å². The maximum Gasteiger partial charge on any atom is 0.161 e. The number of rotatable bonds is 4. The average molecular weight is 404 g/mol. The van der Waals surface area contributed by atoms with E-state index < -0.39 is 0 Å². The highest BCUT2D eigenvalue weighted by Gasteiger charge is 2.23. The summed E-state index contributed by atoms with van der Waals surface area (Å²) in [6.45, 7) is 0.650. The number of aromatic nitrogens is 1. The van der Waals surface area contributed by atoms with E-state index in [0.717, 1.165) is 39.3 Å². The summed E-state index contributed by atoms with van der Waals surface area (Å²) >= 11 is 1.67. The Morgan fingerprint density at radius 3 is 2.34 bits per heavy atom. The molecule has 3 aromatic rings. The Morgan fingerprint density at radius 2 is 1.72 bits per heavy atom. The first-order valence-electron chi connectivity index (χ1n) is 9.23. The van der Waals surface area contributed by atoms with Gasteiger partial charge in [0.15, 0.2) is 11.5 Å². The van der Waals surface area contributed by atoms with Crippen LogP contribution in [0.4, 0.5) is 0 Å². The first kappa shape index (κ1) is 19.2. The van der Waals surface area contributed by atoms with Gasteiger partial charge in [0, 0.05) is 22.6 Å². The van der Waals surface area contributed by atoms with Crippen LogP contribution >= 0.6 is 11.8 Å². The molecule has 29 heavy (non-hydrogen) atoms. The van der Waals surface area contributed by atoms with E-state index in [4.69, 9.17) is 14.9 Å². The molecule has 0 fully saturated rings. The van der Waals surface area contributed by atoms with Gasteiger partial charge in [0.05, 0.1) is 19.9 Å². The molecule has 2 heterocycles. The SMILES string of the molecule is COc1cc2c(cc1OC)-c1cc(-c3ccc(SC)cc3)c(C#N)c(=N)n1CC2. The van der Waals surface area contributed by atoms with E-state index in [1.165, 1.54) is 0 Å². The molecule has 0 saturated heterocycles. The number of hydrogen-bond donors (Lipinski definition) is 1. The molecule has 0 bridgehead atoms. The van der Waals surface area contributed by atoms with Gasteiger partial charge in [0.25, 0.3) is 0 Å². The number of fused-ring (bicyclic) bond motifs is 3. The lowest BCUT2D eigenvalue weighted by Crippen LogP contribution is -2.28. The molecule has 5 nitrogen and oxygen atoms in total. The van der Waals surface area contributed by atoms with E-state index in [2.05, 4.69) is 6.07 Å². The summed E-state index contributed by atoms with van der Waals surface area (Å²) in [5.41, 5.74) is 5.43. The van der Waals surface area contributed by atoms with Crippen LogP contribution in [0.5, 0.6) is 11.5 Å². The van der Waals surface area contributed by atoms with Gasteiger partial charge in [0.2, 0.25) is 0 Å². The normalized spacial score (nSPS) is 11.9. The van der Waals surface area contributed by atoms with Gasteiger partial charge >= 0.3 is 0 Å². The molecule has 1 aromatic heterocycles. The summed E-state index contributed by atoms with van der Waals surface area (Å²) in [5.74, 6) is 1.36. The molecule has 0 radical (unpaired) electrons. The zero-order valence-electron chi connectivity index (χ0n) is 16.6. The summed E-state index contributed by atoms with van der Waals surface area (Å²) < 4.78 is 12.9. The summed E-state index contributed by atoms with van der Waals surface area (Å²) in [6.07, 6.45) is 2.80. The maximum absolute atomic E-state index is 9.78. The van der Waals surface area contributed by atoms with Gasteiger partial charge in [-0.25, -0.2) is 0 Å². The van der Waals surface area contributed by atoms with E-state index in [0.29, 0.717) is 23.6 Å². The van der Waals surface area contributed by atoms with Crippen LogP contribution in [0.1, 0.15) is 11.1 Å². The number of pyridine rings is 1. The monoisotopic (exact) mass is 403 g/mol. The lowest BCUT2D eigenvalue weighted by atomic mass is 9.92. The van der Waals surface area contributed by atoms with Crippen molar-refractivity contribution >= 4 is 11.8 Å². The molecule has 2 aromatic carbocycles. The molecule has 1 aliphatic rings. The molecule has 0 saturated carbocycles. The molecule has 6 heteroatoms. The van der Waals surface area contributed by atoms with Crippen LogP contribution < -0.4 is 15.0 Å². The number of nitrogens with zero attached hydrogens (tertiary/aromatic N) is 2. The van der Waals surface area contributed by atoms with Crippen molar-refractivity contribution in [2.24, 2.45) is 0 Å². The third-order valence-electron chi connectivity index (χ3n) is 5.35. The fourth-order valence-corrected chi connectivity index (χ4v) is 4.24. The average Bonchev–Trinajstić information content (AvgIpc) is 2.77. The summed E-state index contributed by atoms with van der Waals surface area (Å²) in [4.78, 5) is 1.16. The van der Waals surface area contributed by atoms with Crippen molar-refractivity contribution in [3.8, 4) is 40.0 Å². The molecule has 1 N–H and O–H groups in total. The molecule has 0 amide bonds. The molecule has 146 valence electrons. The number of hydrogen-bond acceptors (Lipinski definition) is 5. The van der Waals surface area contributed by atoms with Crippen molar-refractivity contribution in [1.82, 2.24) is 4.57 Å². The Hall–Kier alpha value is -3.17. The molecule has 0 spiro atoms. The van der Waals surface area contributed by atoms with Gasteiger partial charge in [-0.1, -0.05) is 12.1 Å². The van der Waals surface area contributed by atoms with Crippen LogP contribution in [0.15, 0.2) is 47.4 Å². The fraction of sp³-hybridized carbons (Fsp3) is 0.217. The number of ether oxygens (including phenoxy) is 2. The van der Waals surface area contributed by atoms with E-state index in [1.807, 2.05) is 53.3 Å². The molecule has 1 aliphatic heterocycles. The molecular formula is C23H21N3O2S. The molecule has 0 aliphatic carbocycles. The van der Waals surface area contributed by atoms with Crippen molar-refractivity contribution in [2.75, 3.05) is 20.5 Å². The summed E-state index contributed by atoms with van der Waals surface area (Å²) in [6, 6.07) is 16.3. The zero-order valence-corrected chi connectivity index (χ0v) is 17.4. The Morgan fingerprint density at radius 1 is 1.03 bits per heavy atom. The van der Waals surface area contributed by atoms with E-state index in [-0.39, 0.29) is 5.49 Å². The topological polar surface area (TPSA) is 71.0 Å². The molecular weight excluding hydrogens is 382 g/mol. The van der Waals surface area contributed by atoms with Crippen LogP contribution in [-0.4, -0.2) is 25.0 Å². The third-order valence-corrected chi connectivity index (χ3v) is 6.09. The van der Waals surface area contributed by atoms with Crippen molar-refractivity contribution in [3.63, 3.8) is 0 Å². The van der Waals surface area contributed by atoms with Gasteiger partial charge in [-0.05, 0) is 54.1 Å². The predicted octanol–water partition coefficient (Wildman–Crippen LogP) is 4.47. The predicted molar refractivity (Wildman–Crippen MR) is 114 cm³/mol. The van der Waals surface area contributed by atoms with Crippen molar-refractivity contribution in [2.45, 2.75) is 17.9 Å². The van der Waals surface area contributed by atoms with Crippen LogP contribution in [0, 0.1) is 16.7 Å². The number of benzene rings is 2. The van der Waals surface area contributed by atoms with Gasteiger partial charge in [-0.2, -0.15) is 5.26 Å². The van der Waals surface area contributed by atoms with Gasteiger partial charge in [-0.15, -0.1) is 11.8 Å². The number of methoxy groups -OCH3 is 2. The Balaban J connectivity index is 1.97. The first-order chi connectivity index (χ1) is 14.1. The first-order valence-corrected chi connectivity index (χ1v) is 10.5. The van der Waals surface area contributed by atoms with E-state index in [1.54, 1.807) is 26.0 Å². The minimum Gasteiger partial charge on any atom is -0.493 e. The second-order valence-electron chi connectivity index (χ2n) is 6.77. The largest absolute Gasteiger partial charge is 0.493 e. The molecule has 0 unspecified atom stereocenters. The van der Waals surface area contributed by atoms with Gasteiger partial charge < -0.3 is 14.0 Å². The smallest absolute Gasteiger partial charge is 0.161 e. The highest BCUT2D eigenvalue weighted by molar-refractivity contribution is 7.98. The molecule has 4 rings (SSSR count). The third kappa shape index (κ3) is 3.18. The second-order valence-corrected chi connectivity index (χ2v) is 7.65. The number of aryl methyl sites for hydroxylation is 1. The van der Waals surface area contributed by atoms with Crippen molar-refractivity contribution < 1.29 is 9.47 Å². The van der Waals surface area contributed by atoms with Crippen LogP contribution in [0.25, 0.3) is 22.4 Å². The summed E-state index contributed by atoms with van der Waals surface area (Å²) in [7, 11) is 3.25. The Labute approximate surface area is 174 Å². The Kier molecular flexibility index (Phi) is 5.08. The lowest BCUT2D eigenvalue weighted by molar-refractivity contribution is 0.354. The quantitative estimate of drug-likeness (QED) is 0.653. The van der Waals surface area contributed by atoms with Crippen molar-refractivity contribution in [1.29, 1.82) is 10.7 Å². The number of nitriles is 1. The van der Waals surface area contributed by atoms with E-state index in [9.17, 15) is 5.26 Å². The van der Waals surface area contributed by atoms with E-state index >= 15 is 0 Å². The lowest BCUT2D eigenvalue weighted by Gasteiger charge is -2.25. The zero-order chi connectivity index (χ0) is 20.5. The minimum absolute atomic E-state index is 0.245. The van der Waals surface area contributed by atoms with Crippen molar-refractivity contribution in [3.05, 3.63) is 59.1 Å².